The molecule has 2 aromatic heterocycles. The summed E-state index contributed by atoms with van der Waals surface area (Å²) in [4.78, 5) is 28.2. The molecule has 0 aliphatic heterocycles. The van der Waals surface area contributed by atoms with E-state index in [2.05, 4.69) is 0 Å². The minimum absolute atomic E-state index is 0.0675. The molecule has 0 amide bonds. The lowest BCUT2D eigenvalue weighted by Crippen LogP contribution is -2.26. The summed E-state index contributed by atoms with van der Waals surface area (Å²) in [7, 11) is 3.66. The molecule has 188 valence electrons. The number of hydrogen-bond donors (Lipinski definition) is 1. The molecule has 2 heterocycles. The Morgan fingerprint density at radius 1 is 0.703 bits per heavy atom. The molecule has 7 nitrogen and oxygen atoms in total. The van der Waals surface area contributed by atoms with Gasteiger partial charge in [0.1, 0.15) is 5.75 Å². The first-order chi connectivity index (χ1) is 17.7. The Morgan fingerprint density at radius 2 is 1.14 bits per heavy atom. The third-order valence-electron chi connectivity index (χ3n) is 7.08. The van der Waals surface area contributed by atoms with Crippen LogP contribution < -0.4 is 11.1 Å². The van der Waals surface area contributed by atoms with Crippen LogP contribution in [0.4, 0.5) is 0 Å². The molecule has 0 spiro atoms. The van der Waals surface area contributed by atoms with Crippen LogP contribution in [0.1, 0.15) is 34.0 Å². The highest BCUT2D eigenvalue weighted by molar-refractivity contribution is 6.32. The largest absolute Gasteiger partial charge is 0.506 e. The van der Waals surface area contributed by atoms with Crippen LogP contribution in [-0.2, 0) is 14.1 Å². The minimum Gasteiger partial charge on any atom is -0.506 e. The van der Waals surface area contributed by atoms with Crippen molar-refractivity contribution in [1.29, 1.82) is 0 Å². The molecular formula is C29H27ClN4O3. The van der Waals surface area contributed by atoms with Gasteiger partial charge in [-0.25, -0.2) is 9.36 Å². The van der Waals surface area contributed by atoms with Crippen LogP contribution in [-0.4, -0.2) is 23.8 Å². The van der Waals surface area contributed by atoms with Gasteiger partial charge in [-0.05, 0) is 55.8 Å². The molecule has 0 atom stereocenters. The Morgan fingerprint density at radius 3 is 1.54 bits per heavy atom. The first kappa shape index (κ1) is 24.5. The van der Waals surface area contributed by atoms with Gasteiger partial charge in [-0.3, -0.25) is 19.0 Å². The lowest BCUT2D eigenvalue weighted by atomic mass is 9.85. The molecule has 5 aromatic rings. The standard InChI is InChI=1S/C29H27ClN4O3/c1-18-25(28(36)33(31(18)3)21-11-7-5-8-12-21)27(20-15-16-24(35)23(30)17-20)26-19(2)32(4)34(29(26)37)22-13-9-6-10-14-22/h5-17,27,35H,1-4H3. The highest BCUT2D eigenvalue weighted by atomic mass is 35.5. The smallest absolute Gasteiger partial charge is 0.275 e. The van der Waals surface area contributed by atoms with E-state index in [1.54, 1.807) is 30.9 Å². The van der Waals surface area contributed by atoms with E-state index in [9.17, 15) is 14.7 Å². The summed E-state index contributed by atoms with van der Waals surface area (Å²) in [5.74, 6) is -0.785. The zero-order valence-electron chi connectivity index (χ0n) is 21.0. The summed E-state index contributed by atoms with van der Waals surface area (Å²) in [5, 5.41) is 10.3. The van der Waals surface area contributed by atoms with Gasteiger partial charge in [-0.2, -0.15) is 0 Å². The van der Waals surface area contributed by atoms with Gasteiger partial charge in [0.15, 0.2) is 0 Å². The quantitative estimate of drug-likeness (QED) is 0.365. The number of aromatic hydroxyl groups is 1. The summed E-state index contributed by atoms with van der Waals surface area (Å²) in [6.45, 7) is 3.75. The molecule has 0 saturated carbocycles. The Labute approximate surface area is 219 Å². The van der Waals surface area contributed by atoms with Gasteiger partial charge in [0.2, 0.25) is 0 Å². The first-order valence-corrected chi connectivity index (χ1v) is 12.3. The molecular weight excluding hydrogens is 488 g/mol. The van der Waals surface area contributed by atoms with Crippen LogP contribution in [0.25, 0.3) is 11.4 Å². The van der Waals surface area contributed by atoms with Crippen molar-refractivity contribution in [2.75, 3.05) is 0 Å². The molecule has 0 aliphatic carbocycles. The molecule has 37 heavy (non-hydrogen) atoms. The van der Waals surface area contributed by atoms with E-state index in [1.807, 2.05) is 88.6 Å². The third kappa shape index (κ3) is 3.92. The topological polar surface area (TPSA) is 74.1 Å². The summed E-state index contributed by atoms with van der Waals surface area (Å²) >= 11 is 6.33. The molecule has 0 bridgehead atoms. The fourth-order valence-electron chi connectivity index (χ4n) is 5.02. The van der Waals surface area contributed by atoms with Gasteiger partial charge in [0, 0.05) is 31.4 Å². The van der Waals surface area contributed by atoms with Gasteiger partial charge in [-0.1, -0.05) is 54.1 Å². The van der Waals surface area contributed by atoms with Crippen molar-refractivity contribution in [3.05, 3.63) is 133 Å². The number of phenolic OH excluding ortho intramolecular Hbond substituents is 1. The van der Waals surface area contributed by atoms with Crippen molar-refractivity contribution in [1.82, 2.24) is 18.7 Å². The summed E-state index contributed by atoms with van der Waals surface area (Å²) in [6.07, 6.45) is 0. The average Bonchev–Trinajstić information content (AvgIpc) is 3.25. The summed E-state index contributed by atoms with van der Waals surface area (Å²) in [6, 6.07) is 23.6. The molecule has 1 N–H and O–H groups in total. The number of halogens is 1. The van der Waals surface area contributed by atoms with E-state index < -0.39 is 5.92 Å². The van der Waals surface area contributed by atoms with Crippen molar-refractivity contribution < 1.29 is 5.11 Å². The van der Waals surface area contributed by atoms with E-state index in [-0.39, 0.29) is 21.9 Å². The van der Waals surface area contributed by atoms with Crippen LogP contribution in [0.3, 0.4) is 0 Å². The molecule has 0 aliphatic rings. The zero-order valence-corrected chi connectivity index (χ0v) is 21.8. The Bertz CT molecular complexity index is 1620. The van der Waals surface area contributed by atoms with E-state index in [0.29, 0.717) is 16.7 Å². The maximum atomic E-state index is 14.1. The number of benzene rings is 3. The monoisotopic (exact) mass is 514 g/mol. The molecule has 0 fully saturated rings. The second-order valence-corrected chi connectivity index (χ2v) is 9.50. The fourth-order valence-corrected chi connectivity index (χ4v) is 5.21. The van der Waals surface area contributed by atoms with Crippen LogP contribution >= 0.6 is 11.6 Å². The van der Waals surface area contributed by atoms with Crippen LogP contribution in [0, 0.1) is 13.8 Å². The van der Waals surface area contributed by atoms with Gasteiger partial charge in [0.05, 0.1) is 27.5 Å². The van der Waals surface area contributed by atoms with Crippen molar-refractivity contribution >= 4 is 11.6 Å². The average molecular weight is 515 g/mol. The number of para-hydroxylation sites is 2. The number of aromatic nitrogens is 4. The van der Waals surface area contributed by atoms with E-state index in [0.717, 1.165) is 22.8 Å². The SMILES string of the molecule is Cc1c(C(c2ccc(O)c(Cl)c2)c2c(C)n(C)n(-c3ccccc3)c2=O)c(=O)n(-c2ccccc2)n1C. The number of nitrogens with zero attached hydrogens (tertiary/aromatic N) is 4. The van der Waals surface area contributed by atoms with Gasteiger partial charge in [-0.15, -0.1) is 0 Å². The number of rotatable bonds is 5. The molecule has 0 unspecified atom stereocenters. The Kier molecular flexibility index (Phi) is 6.17. The van der Waals surface area contributed by atoms with Gasteiger partial charge in [0.25, 0.3) is 11.1 Å². The second-order valence-electron chi connectivity index (χ2n) is 9.09. The van der Waals surface area contributed by atoms with Crippen LogP contribution in [0.5, 0.6) is 5.75 Å². The molecule has 0 radical (unpaired) electrons. The number of hydrogen-bond acceptors (Lipinski definition) is 3. The maximum absolute atomic E-state index is 14.1. The van der Waals surface area contributed by atoms with Crippen molar-refractivity contribution in [2.24, 2.45) is 14.1 Å². The molecule has 0 saturated heterocycles. The van der Waals surface area contributed by atoms with Gasteiger partial charge >= 0.3 is 0 Å². The Hall–Kier alpha value is -4.23. The lowest BCUT2D eigenvalue weighted by Gasteiger charge is -2.17. The van der Waals surface area contributed by atoms with Crippen LogP contribution in [0.2, 0.25) is 5.02 Å². The Balaban J connectivity index is 1.86. The maximum Gasteiger partial charge on any atom is 0.275 e. The minimum atomic E-state index is -0.717. The fraction of sp³-hybridized carbons (Fsp3) is 0.172. The molecule has 3 aromatic carbocycles. The summed E-state index contributed by atoms with van der Waals surface area (Å²) < 4.78 is 6.81. The highest BCUT2D eigenvalue weighted by Gasteiger charge is 2.33. The van der Waals surface area contributed by atoms with Crippen molar-refractivity contribution in [3.8, 4) is 17.1 Å². The lowest BCUT2D eigenvalue weighted by molar-refractivity contribution is 0.475. The number of phenols is 1. The molecule has 8 heteroatoms. The zero-order chi connectivity index (χ0) is 26.4. The highest BCUT2D eigenvalue weighted by Crippen LogP contribution is 2.36. The molecule has 5 rings (SSSR count). The van der Waals surface area contributed by atoms with E-state index >= 15 is 0 Å². The van der Waals surface area contributed by atoms with E-state index in [1.165, 1.54) is 6.07 Å². The van der Waals surface area contributed by atoms with Crippen molar-refractivity contribution in [2.45, 2.75) is 19.8 Å². The normalized spacial score (nSPS) is 11.4. The van der Waals surface area contributed by atoms with Crippen molar-refractivity contribution in [3.63, 3.8) is 0 Å². The van der Waals surface area contributed by atoms with Gasteiger partial charge < -0.3 is 5.11 Å². The summed E-state index contributed by atoms with van der Waals surface area (Å²) in [5.41, 5.74) is 4.01. The first-order valence-electron chi connectivity index (χ1n) is 11.9. The van der Waals surface area contributed by atoms with E-state index in [4.69, 9.17) is 11.6 Å². The predicted octanol–water partition coefficient (Wildman–Crippen LogP) is 4.82. The predicted molar refractivity (Wildman–Crippen MR) is 146 cm³/mol. The third-order valence-corrected chi connectivity index (χ3v) is 7.38. The van der Waals surface area contributed by atoms with Crippen LogP contribution in [0.15, 0.2) is 88.5 Å². The second kappa shape index (κ2) is 9.33.